The number of alkyl halides is 3. The molecule has 0 aromatic heterocycles. The quantitative estimate of drug-likeness (QED) is 0.699. The fraction of sp³-hybridized carbons (Fsp3) is 0.273. The van der Waals surface area contributed by atoms with Gasteiger partial charge in [-0.25, -0.2) is 0 Å². The van der Waals surface area contributed by atoms with E-state index in [-0.39, 0.29) is 12.2 Å². The molecule has 0 saturated carbocycles. The first-order valence-electron chi connectivity index (χ1n) is 4.24. The molecule has 0 aliphatic rings. The number of rotatable bonds is 4. The molecule has 4 heteroatoms. The van der Waals surface area contributed by atoms with Crippen LogP contribution in [0.1, 0.15) is 11.1 Å². The van der Waals surface area contributed by atoms with Crippen LogP contribution in [0.3, 0.4) is 0 Å². The van der Waals surface area contributed by atoms with E-state index in [0.29, 0.717) is 11.1 Å². The van der Waals surface area contributed by atoms with Crippen LogP contribution in [0.15, 0.2) is 18.2 Å². The molecule has 79 valence electrons. The molecule has 0 saturated heterocycles. The molecule has 0 aliphatic heterocycles. The van der Waals surface area contributed by atoms with Gasteiger partial charge in [-0.1, -0.05) is 5.92 Å². The van der Waals surface area contributed by atoms with Crippen LogP contribution in [0, 0.1) is 12.3 Å². The highest BCUT2D eigenvalue weighted by atomic mass is 19.3. The first kappa shape index (κ1) is 11.4. The van der Waals surface area contributed by atoms with Gasteiger partial charge in [0, 0.05) is 12.0 Å². The summed E-state index contributed by atoms with van der Waals surface area (Å²) in [5, 5.41) is 0. The lowest BCUT2D eigenvalue weighted by Gasteiger charge is -2.09. The van der Waals surface area contributed by atoms with E-state index in [1.54, 1.807) is 0 Å². The third-order valence-electron chi connectivity index (χ3n) is 1.78. The molecule has 0 unspecified atom stereocenters. The molecule has 0 aliphatic carbocycles. The van der Waals surface area contributed by atoms with Crippen LogP contribution in [0.25, 0.3) is 0 Å². The second kappa shape index (κ2) is 5.30. The smallest absolute Gasteiger partial charge is 0.387 e. The molecule has 1 radical (unpaired) electrons. The van der Waals surface area contributed by atoms with Crippen LogP contribution in [-0.4, -0.2) is 13.3 Å². The summed E-state index contributed by atoms with van der Waals surface area (Å²) >= 11 is 0. The lowest BCUT2D eigenvalue weighted by Crippen LogP contribution is -2.05. The van der Waals surface area contributed by atoms with Crippen LogP contribution >= 0.6 is 0 Å². The van der Waals surface area contributed by atoms with Crippen molar-refractivity contribution in [3.05, 3.63) is 35.7 Å². The third kappa shape index (κ3) is 3.21. The summed E-state index contributed by atoms with van der Waals surface area (Å²) in [5.74, 6) is 2.04. The van der Waals surface area contributed by atoms with Gasteiger partial charge in [0.15, 0.2) is 0 Å². The van der Waals surface area contributed by atoms with Gasteiger partial charge in [-0.3, -0.25) is 4.39 Å². The molecule has 1 nitrogen and oxygen atoms in total. The van der Waals surface area contributed by atoms with E-state index < -0.39 is 13.3 Å². The second-order valence-corrected chi connectivity index (χ2v) is 2.76. The van der Waals surface area contributed by atoms with E-state index in [1.807, 2.05) is 0 Å². The Balaban J connectivity index is 2.99. The van der Waals surface area contributed by atoms with Crippen molar-refractivity contribution in [1.82, 2.24) is 0 Å². The minimum Gasteiger partial charge on any atom is -0.435 e. The summed E-state index contributed by atoms with van der Waals surface area (Å²) in [7, 11) is 0. The van der Waals surface area contributed by atoms with Gasteiger partial charge in [-0.15, -0.1) is 0 Å². The van der Waals surface area contributed by atoms with Crippen LogP contribution in [0.5, 0.6) is 5.75 Å². The predicted molar refractivity (Wildman–Crippen MR) is 49.0 cm³/mol. The molecule has 0 atom stereocenters. The molecular weight excluding hydrogens is 205 g/mol. The highest BCUT2D eigenvalue weighted by molar-refractivity contribution is 5.42. The molecule has 0 fully saturated rings. The zero-order valence-electron chi connectivity index (χ0n) is 7.77. The number of benzene rings is 1. The SMILES string of the molecule is [C]#Cc1ccc(OC(F)F)c(CCF)c1. The van der Waals surface area contributed by atoms with Gasteiger partial charge in [0.25, 0.3) is 0 Å². The average molecular weight is 213 g/mol. The van der Waals surface area contributed by atoms with Gasteiger partial charge >= 0.3 is 6.61 Å². The highest BCUT2D eigenvalue weighted by Crippen LogP contribution is 2.22. The lowest BCUT2D eigenvalue weighted by atomic mass is 10.1. The Labute approximate surface area is 85.9 Å². The topological polar surface area (TPSA) is 9.23 Å². The molecular formula is C11H8F3O. The van der Waals surface area contributed by atoms with E-state index in [2.05, 4.69) is 10.7 Å². The van der Waals surface area contributed by atoms with E-state index in [1.165, 1.54) is 18.2 Å². The minimum atomic E-state index is -2.93. The third-order valence-corrected chi connectivity index (χ3v) is 1.78. The van der Waals surface area contributed by atoms with Crippen molar-refractivity contribution in [3.63, 3.8) is 0 Å². The summed E-state index contributed by atoms with van der Waals surface area (Å²) in [5.41, 5.74) is 0.718. The molecule has 0 heterocycles. The van der Waals surface area contributed by atoms with Crippen molar-refractivity contribution < 1.29 is 17.9 Å². The van der Waals surface area contributed by atoms with Crippen molar-refractivity contribution in [1.29, 1.82) is 0 Å². The first-order valence-corrected chi connectivity index (χ1v) is 4.24. The summed E-state index contributed by atoms with van der Waals surface area (Å²) in [4.78, 5) is 0. The van der Waals surface area contributed by atoms with Gasteiger partial charge in [0.1, 0.15) is 5.75 Å². The largest absolute Gasteiger partial charge is 0.435 e. The number of halogens is 3. The maximum Gasteiger partial charge on any atom is 0.387 e. The molecule has 0 amide bonds. The van der Waals surface area contributed by atoms with E-state index >= 15 is 0 Å². The number of hydrogen-bond acceptors (Lipinski definition) is 1. The molecule has 15 heavy (non-hydrogen) atoms. The van der Waals surface area contributed by atoms with Crippen LogP contribution in [-0.2, 0) is 6.42 Å². The standard InChI is InChI=1S/C11H8F3O/c1-2-8-3-4-10(15-11(13)14)9(7-8)5-6-12/h3-4,7,11H,5-6H2. The zero-order valence-corrected chi connectivity index (χ0v) is 7.77. The molecule has 0 spiro atoms. The molecule has 1 aromatic carbocycles. The van der Waals surface area contributed by atoms with E-state index in [4.69, 9.17) is 6.42 Å². The van der Waals surface area contributed by atoms with Crippen LogP contribution in [0.4, 0.5) is 13.2 Å². The van der Waals surface area contributed by atoms with Gasteiger partial charge in [-0.05, 0) is 30.2 Å². The fourth-order valence-electron chi connectivity index (χ4n) is 1.17. The Morgan fingerprint density at radius 1 is 1.40 bits per heavy atom. The Bertz CT molecular complexity index is 369. The van der Waals surface area contributed by atoms with Crippen molar-refractivity contribution in [2.45, 2.75) is 13.0 Å². The molecule has 0 bridgehead atoms. The molecule has 1 rings (SSSR count). The fourth-order valence-corrected chi connectivity index (χ4v) is 1.17. The van der Waals surface area contributed by atoms with Crippen LogP contribution < -0.4 is 4.74 Å². The Morgan fingerprint density at radius 2 is 2.13 bits per heavy atom. The Hall–Kier alpha value is -1.63. The summed E-state index contributed by atoms with van der Waals surface area (Å²) in [6.45, 7) is -3.60. The number of ether oxygens (including phenoxy) is 1. The van der Waals surface area contributed by atoms with E-state index in [0.717, 1.165) is 0 Å². The monoisotopic (exact) mass is 213 g/mol. The summed E-state index contributed by atoms with van der Waals surface area (Å²) in [6.07, 6.45) is 6.84. The van der Waals surface area contributed by atoms with Gasteiger partial charge < -0.3 is 4.74 Å². The van der Waals surface area contributed by atoms with Crippen molar-refractivity contribution in [2.24, 2.45) is 0 Å². The first-order chi connectivity index (χ1) is 7.17. The maximum absolute atomic E-state index is 12.1. The van der Waals surface area contributed by atoms with Crippen LogP contribution in [0.2, 0.25) is 0 Å². The molecule has 0 N–H and O–H groups in total. The summed E-state index contributed by atoms with van der Waals surface area (Å²) in [6, 6.07) is 4.10. The van der Waals surface area contributed by atoms with Gasteiger partial charge in [0.05, 0.1) is 6.67 Å². The minimum absolute atomic E-state index is 0.0163. The maximum atomic E-state index is 12.1. The number of aryl methyl sites for hydroxylation is 1. The average Bonchev–Trinajstić information content (AvgIpc) is 2.20. The normalized spacial score (nSPS) is 10.1. The van der Waals surface area contributed by atoms with Crippen molar-refractivity contribution in [2.75, 3.05) is 6.67 Å². The van der Waals surface area contributed by atoms with Gasteiger partial charge in [-0.2, -0.15) is 8.78 Å². The van der Waals surface area contributed by atoms with Crippen molar-refractivity contribution in [3.8, 4) is 11.7 Å². The zero-order chi connectivity index (χ0) is 11.3. The predicted octanol–water partition coefficient (Wildman–Crippen LogP) is 2.74. The lowest BCUT2D eigenvalue weighted by molar-refractivity contribution is -0.0504. The molecule has 1 aromatic rings. The van der Waals surface area contributed by atoms with Crippen molar-refractivity contribution >= 4 is 0 Å². The van der Waals surface area contributed by atoms with E-state index in [9.17, 15) is 13.2 Å². The number of hydrogen-bond donors (Lipinski definition) is 0. The second-order valence-electron chi connectivity index (χ2n) is 2.76. The van der Waals surface area contributed by atoms with Gasteiger partial charge in [0.2, 0.25) is 0 Å². The Morgan fingerprint density at radius 3 is 2.67 bits per heavy atom. The highest BCUT2D eigenvalue weighted by Gasteiger charge is 2.09. The summed E-state index contributed by atoms with van der Waals surface area (Å²) < 4.78 is 40.2. The Kier molecular flexibility index (Phi) is 4.04.